The Bertz CT molecular complexity index is 360. The van der Waals surface area contributed by atoms with Crippen molar-refractivity contribution in [2.75, 3.05) is 45.8 Å². The molecule has 106 valence electrons. The Balaban J connectivity index is 1.97. The first kappa shape index (κ1) is 14.3. The number of likely N-dealkylation sites (N-methyl/N-ethyl adjacent to an activating group) is 1. The number of piperazine rings is 1. The number of likely N-dealkylation sites (tertiary alicyclic amines) is 1. The lowest BCUT2D eigenvalue weighted by Gasteiger charge is -2.47. The van der Waals surface area contributed by atoms with Gasteiger partial charge in [-0.05, 0) is 19.4 Å². The maximum Gasteiger partial charge on any atom is 0.219 e. The molecule has 0 N–H and O–H groups in total. The van der Waals surface area contributed by atoms with E-state index >= 15 is 0 Å². The first-order valence-electron chi connectivity index (χ1n) is 7.25. The minimum Gasteiger partial charge on any atom is -0.343 e. The van der Waals surface area contributed by atoms with Crippen molar-refractivity contribution in [3.8, 4) is 6.07 Å². The molecule has 0 aromatic rings. The molecule has 0 saturated carbocycles. The van der Waals surface area contributed by atoms with E-state index in [4.69, 9.17) is 0 Å². The number of rotatable bonds is 2. The average molecular weight is 264 g/mol. The van der Waals surface area contributed by atoms with Crippen LogP contribution >= 0.6 is 0 Å². The number of nitrogens with zero attached hydrogens (tertiary/aromatic N) is 4. The lowest BCUT2D eigenvalue weighted by Crippen LogP contribution is -2.60. The largest absolute Gasteiger partial charge is 0.343 e. The highest BCUT2D eigenvalue weighted by Crippen LogP contribution is 2.29. The van der Waals surface area contributed by atoms with Crippen LogP contribution in [-0.2, 0) is 4.79 Å². The fourth-order valence-corrected chi connectivity index (χ4v) is 3.18. The summed E-state index contributed by atoms with van der Waals surface area (Å²) in [6.45, 7) is 10.4. The number of piperidine rings is 1. The van der Waals surface area contributed by atoms with Gasteiger partial charge in [-0.15, -0.1) is 0 Å². The van der Waals surface area contributed by atoms with Gasteiger partial charge in [0.25, 0.3) is 0 Å². The number of carbonyl (C=O) groups is 1. The van der Waals surface area contributed by atoms with Crippen molar-refractivity contribution in [2.45, 2.75) is 32.2 Å². The lowest BCUT2D eigenvalue weighted by atomic mass is 9.86. The van der Waals surface area contributed by atoms with Gasteiger partial charge in [0.2, 0.25) is 5.91 Å². The predicted octanol–water partition coefficient (Wildman–Crippen LogP) is 0.529. The Morgan fingerprint density at radius 2 is 1.74 bits per heavy atom. The SMILES string of the molecule is CCN1CCN(C2(C#N)CCN(C(C)=O)CC2)CC1. The van der Waals surface area contributed by atoms with Crippen LogP contribution in [0.2, 0.25) is 0 Å². The lowest BCUT2D eigenvalue weighted by molar-refractivity contribution is -0.131. The summed E-state index contributed by atoms with van der Waals surface area (Å²) in [6, 6.07) is 2.55. The standard InChI is InChI=1S/C14H24N4O/c1-3-16-8-10-18(11-9-16)14(12-15)4-6-17(7-5-14)13(2)19/h3-11H2,1-2H3. The van der Waals surface area contributed by atoms with Gasteiger partial charge in [0, 0.05) is 46.2 Å². The minimum atomic E-state index is -0.341. The molecule has 5 nitrogen and oxygen atoms in total. The third-order valence-electron chi connectivity index (χ3n) is 4.67. The van der Waals surface area contributed by atoms with Gasteiger partial charge < -0.3 is 9.80 Å². The first-order chi connectivity index (χ1) is 9.11. The van der Waals surface area contributed by atoms with E-state index in [9.17, 15) is 10.1 Å². The second-order valence-corrected chi connectivity index (χ2v) is 5.57. The molecule has 0 aliphatic carbocycles. The molecule has 0 aromatic heterocycles. The molecule has 1 amide bonds. The molecule has 2 fully saturated rings. The summed E-state index contributed by atoms with van der Waals surface area (Å²) < 4.78 is 0. The summed E-state index contributed by atoms with van der Waals surface area (Å²) in [4.78, 5) is 18.0. The Morgan fingerprint density at radius 3 is 2.16 bits per heavy atom. The van der Waals surface area contributed by atoms with Gasteiger partial charge in [-0.25, -0.2) is 0 Å². The van der Waals surface area contributed by atoms with E-state index in [1.54, 1.807) is 6.92 Å². The second kappa shape index (κ2) is 5.89. The van der Waals surface area contributed by atoms with E-state index in [2.05, 4.69) is 22.8 Å². The number of hydrogen-bond acceptors (Lipinski definition) is 4. The molecular formula is C14H24N4O. The maximum atomic E-state index is 11.4. The van der Waals surface area contributed by atoms with E-state index in [1.165, 1.54) is 0 Å². The fourth-order valence-electron chi connectivity index (χ4n) is 3.18. The number of hydrogen-bond donors (Lipinski definition) is 0. The van der Waals surface area contributed by atoms with Gasteiger partial charge in [-0.2, -0.15) is 5.26 Å². The fraction of sp³-hybridized carbons (Fsp3) is 0.857. The van der Waals surface area contributed by atoms with Crippen molar-refractivity contribution in [1.29, 1.82) is 5.26 Å². The molecule has 5 heteroatoms. The summed E-state index contributed by atoms with van der Waals surface area (Å²) in [7, 11) is 0. The second-order valence-electron chi connectivity index (χ2n) is 5.57. The van der Waals surface area contributed by atoms with Crippen LogP contribution in [0.5, 0.6) is 0 Å². The highest BCUT2D eigenvalue weighted by atomic mass is 16.2. The highest BCUT2D eigenvalue weighted by Gasteiger charge is 2.41. The number of nitriles is 1. The summed E-state index contributed by atoms with van der Waals surface area (Å²) in [5.41, 5.74) is -0.341. The van der Waals surface area contributed by atoms with E-state index in [0.29, 0.717) is 0 Å². The molecule has 2 heterocycles. The molecule has 0 radical (unpaired) electrons. The highest BCUT2D eigenvalue weighted by molar-refractivity contribution is 5.73. The van der Waals surface area contributed by atoms with Crippen LogP contribution in [0.1, 0.15) is 26.7 Å². The minimum absolute atomic E-state index is 0.127. The van der Waals surface area contributed by atoms with Crippen LogP contribution in [0.15, 0.2) is 0 Å². The van der Waals surface area contributed by atoms with Crippen LogP contribution in [0.3, 0.4) is 0 Å². The molecule has 0 atom stereocenters. The van der Waals surface area contributed by atoms with Gasteiger partial charge in [0.15, 0.2) is 0 Å². The van der Waals surface area contributed by atoms with Crippen molar-refractivity contribution >= 4 is 5.91 Å². The van der Waals surface area contributed by atoms with Crippen LogP contribution in [0.4, 0.5) is 0 Å². The summed E-state index contributed by atoms with van der Waals surface area (Å²) in [5, 5.41) is 9.63. The zero-order valence-electron chi connectivity index (χ0n) is 12.1. The molecule has 19 heavy (non-hydrogen) atoms. The number of carbonyl (C=O) groups excluding carboxylic acids is 1. The van der Waals surface area contributed by atoms with Gasteiger partial charge in [-0.1, -0.05) is 6.92 Å². The normalized spacial score (nSPS) is 25.0. The predicted molar refractivity (Wildman–Crippen MR) is 73.5 cm³/mol. The third kappa shape index (κ3) is 2.90. The Morgan fingerprint density at radius 1 is 1.16 bits per heavy atom. The average Bonchev–Trinajstić information content (AvgIpc) is 2.47. The molecule has 2 rings (SSSR count). The molecule has 0 bridgehead atoms. The summed E-state index contributed by atoms with van der Waals surface area (Å²) >= 11 is 0. The third-order valence-corrected chi connectivity index (χ3v) is 4.67. The Labute approximate surface area is 115 Å². The first-order valence-corrected chi connectivity index (χ1v) is 7.25. The van der Waals surface area contributed by atoms with Gasteiger partial charge >= 0.3 is 0 Å². The zero-order chi connectivity index (χ0) is 13.9. The van der Waals surface area contributed by atoms with Gasteiger partial charge in [0.05, 0.1) is 6.07 Å². The van der Waals surface area contributed by atoms with Crippen LogP contribution in [-0.4, -0.2) is 72.0 Å². The smallest absolute Gasteiger partial charge is 0.219 e. The van der Waals surface area contributed by atoms with E-state index in [0.717, 1.165) is 58.7 Å². The van der Waals surface area contributed by atoms with Gasteiger partial charge in [-0.3, -0.25) is 9.69 Å². The van der Waals surface area contributed by atoms with E-state index in [-0.39, 0.29) is 11.4 Å². The van der Waals surface area contributed by atoms with Crippen LogP contribution in [0.25, 0.3) is 0 Å². The maximum absolute atomic E-state index is 11.4. The summed E-state index contributed by atoms with van der Waals surface area (Å²) in [5.74, 6) is 0.127. The van der Waals surface area contributed by atoms with E-state index < -0.39 is 0 Å². The van der Waals surface area contributed by atoms with E-state index in [1.807, 2.05) is 4.90 Å². The quantitative estimate of drug-likeness (QED) is 0.730. The van der Waals surface area contributed by atoms with Crippen LogP contribution in [0, 0.1) is 11.3 Å². The van der Waals surface area contributed by atoms with Crippen molar-refractivity contribution in [3.05, 3.63) is 0 Å². The molecule has 2 aliphatic heterocycles. The molecular weight excluding hydrogens is 240 g/mol. The monoisotopic (exact) mass is 264 g/mol. The van der Waals surface area contributed by atoms with Crippen molar-refractivity contribution in [3.63, 3.8) is 0 Å². The van der Waals surface area contributed by atoms with Crippen molar-refractivity contribution in [1.82, 2.24) is 14.7 Å². The zero-order valence-corrected chi connectivity index (χ0v) is 12.1. The molecule has 0 unspecified atom stereocenters. The molecule has 0 aromatic carbocycles. The number of amides is 1. The molecule has 2 aliphatic rings. The molecule has 2 saturated heterocycles. The topological polar surface area (TPSA) is 50.6 Å². The Hall–Kier alpha value is -1.12. The van der Waals surface area contributed by atoms with Crippen molar-refractivity contribution in [2.24, 2.45) is 0 Å². The summed E-state index contributed by atoms with van der Waals surface area (Å²) in [6.07, 6.45) is 1.57. The molecule has 0 spiro atoms. The Kier molecular flexibility index (Phi) is 4.43. The van der Waals surface area contributed by atoms with Crippen molar-refractivity contribution < 1.29 is 4.79 Å². The van der Waals surface area contributed by atoms with Gasteiger partial charge in [0.1, 0.15) is 5.54 Å². The van der Waals surface area contributed by atoms with Crippen LogP contribution < -0.4 is 0 Å².